The van der Waals surface area contributed by atoms with Crippen molar-refractivity contribution in [1.82, 2.24) is 15.5 Å². The van der Waals surface area contributed by atoms with Crippen LogP contribution in [0.1, 0.15) is 214 Å². The van der Waals surface area contributed by atoms with Gasteiger partial charge < -0.3 is 20.3 Å². The molecular weight excluding hydrogens is 689 g/mol. The van der Waals surface area contributed by atoms with E-state index < -0.39 is 23.6 Å². The van der Waals surface area contributed by atoms with Gasteiger partial charge in [-0.2, -0.15) is 0 Å². The maximum absolute atomic E-state index is 13.4. The number of carbonyl (C=O) groups excluding carboxylic acids is 3. The molecule has 0 heterocycles. The molecule has 0 aliphatic heterocycles. The van der Waals surface area contributed by atoms with Gasteiger partial charge in [-0.15, -0.1) is 0 Å². The summed E-state index contributed by atoms with van der Waals surface area (Å²) in [6.45, 7) is 11.0. The average molecular weight is 778 g/mol. The fraction of sp³-hybridized carbons (Fsp3) is 0.867. The van der Waals surface area contributed by atoms with Crippen LogP contribution in [0.3, 0.4) is 0 Å². The Morgan fingerprint density at radius 3 is 1.36 bits per heavy atom. The van der Waals surface area contributed by atoms with Crippen molar-refractivity contribution in [1.29, 1.82) is 0 Å². The van der Waals surface area contributed by atoms with E-state index in [1.807, 2.05) is 4.90 Å². The zero-order valence-electron chi connectivity index (χ0n) is 36.6. The van der Waals surface area contributed by atoms with E-state index in [2.05, 4.69) is 41.6 Å². The van der Waals surface area contributed by atoms with Crippen molar-refractivity contribution in [2.24, 2.45) is 11.5 Å². The second-order valence-corrected chi connectivity index (χ2v) is 16.7. The smallest absolute Gasteiger partial charge is 0.407 e. The van der Waals surface area contributed by atoms with Gasteiger partial charge >= 0.3 is 12.1 Å². The van der Waals surface area contributed by atoms with Crippen LogP contribution in [0.5, 0.6) is 0 Å². The minimum atomic E-state index is -0.958. The topological polar surface area (TPSA) is 154 Å². The maximum Gasteiger partial charge on any atom is 0.407 e. The molecule has 0 aliphatic rings. The van der Waals surface area contributed by atoms with Gasteiger partial charge in [0.05, 0.1) is 13.1 Å². The molecule has 1 unspecified atom stereocenters. The van der Waals surface area contributed by atoms with Crippen LogP contribution in [0.15, 0.2) is 12.2 Å². The first-order valence-corrected chi connectivity index (χ1v) is 22.8. The van der Waals surface area contributed by atoms with Crippen molar-refractivity contribution in [3.8, 4) is 0 Å². The highest BCUT2D eigenvalue weighted by Crippen LogP contribution is 2.14. The van der Waals surface area contributed by atoms with Crippen LogP contribution in [0, 0.1) is 0 Å². The Labute approximate surface area is 338 Å². The lowest BCUT2D eigenvalue weighted by atomic mass is 10.0. The number of nitrogens with zero attached hydrogens (tertiary/aromatic N) is 1. The fourth-order valence-electron chi connectivity index (χ4n) is 6.72. The molecule has 0 aromatic heterocycles. The summed E-state index contributed by atoms with van der Waals surface area (Å²) in [7, 11) is 0. The monoisotopic (exact) mass is 778 g/mol. The summed E-state index contributed by atoms with van der Waals surface area (Å²) < 4.78 is 5.27. The number of unbranched alkanes of at least 4 members (excludes halogenated alkanes) is 25. The average Bonchev–Trinajstić information content (AvgIpc) is 3.13. The zero-order valence-corrected chi connectivity index (χ0v) is 36.6. The summed E-state index contributed by atoms with van der Waals surface area (Å²) in [5.74, 6) is -0.734. The number of carbonyl (C=O) groups is 3. The lowest BCUT2D eigenvalue weighted by Gasteiger charge is -2.24. The predicted octanol–water partition coefficient (Wildman–Crippen LogP) is 8.70. The standard InChI is InChI=1S/C45H88N6O4/c1-6-8-10-12-14-16-18-20-22-23-25-27-29-31-33-35-37-51(36-34-32-30-28-26-24-21-19-17-15-13-11-9-7-2)41(52)39-48-42(53)40(50-43(46)47)38-49-44(54)55-45(3,4)5/h20,22,40H,6-19,21,23-39H2,1-5H3,(H,48,53)(H,49,54)(H4,46,47,50)/p+1/b22-20-. The second-order valence-electron chi connectivity index (χ2n) is 16.7. The molecule has 0 aromatic carbocycles. The predicted molar refractivity (Wildman–Crippen MR) is 232 cm³/mol. The largest absolute Gasteiger partial charge is 0.444 e. The summed E-state index contributed by atoms with van der Waals surface area (Å²) in [4.78, 5) is 43.2. The third-order valence-corrected chi connectivity index (χ3v) is 9.99. The molecule has 3 amide bonds. The van der Waals surface area contributed by atoms with Crippen LogP contribution < -0.4 is 27.1 Å². The molecular formula is C45H89N6O4+. The highest BCUT2D eigenvalue weighted by atomic mass is 16.6. The molecule has 0 aliphatic carbocycles. The Morgan fingerprint density at radius 2 is 0.982 bits per heavy atom. The van der Waals surface area contributed by atoms with Crippen LogP contribution >= 0.6 is 0 Å². The molecule has 0 fully saturated rings. The van der Waals surface area contributed by atoms with Crippen molar-refractivity contribution in [2.75, 3.05) is 26.2 Å². The molecule has 1 atom stereocenters. The van der Waals surface area contributed by atoms with E-state index in [0.717, 1.165) is 25.7 Å². The number of allylic oxidation sites excluding steroid dienone is 2. The Kier molecular flexibility index (Phi) is 35.0. The highest BCUT2D eigenvalue weighted by molar-refractivity contribution is 5.87. The molecule has 0 bridgehead atoms. The van der Waals surface area contributed by atoms with E-state index in [0.29, 0.717) is 13.1 Å². The van der Waals surface area contributed by atoms with Crippen molar-refractivity contribution in [3.05, 3.63) is 12.2 Å². The number of ether oxygens (including phenoxy) is 1. The van der Waals surface area contributed by atoms with Crippen molar-refractivity contribution in [3.63, 3.8) is 0 Å². The summed E-state index contributed by atoms with van der Waals surface area (Å²) >= 11 is 0. The third kappa shape index (κ3) is 36.6. The van der Waals surface area contributed by atoms with Gasteiger partial charge in [-0.25, -0.2) is 4.79 Å². The number of amides is 3. The summed E-state index contributed by atoms with van der Waals surface area (Å²) in [6.07, 6.45) is 39.6. The van der Waals surface area contributed by atoms with E-state index in [4.69, 9.17) is 16.2 Å². The van der Waals surface area contributed by atoms with Crippen LogP contribution in [0.25, 0.3) is 0 Å². The number of hydrogen-bond acceptors (Lipinski definition) is 4. The summed E-state index contributed by atoms with van der Waals surface area (Å²) in [5, 5.41) is 5.30. The molecule has 0 spiro atoms. The Balaban J connectivity index is 4.69. The first-order valence-electron chi connectivity index (χ1n) is 22.8. The van der Waals surface area contributed by atoms with E-state index in [-0.39, 0.29) is 25.0 Å². The van der Waals surface area contributed by atoms with Crippen LogP contribution in [-0.4, -0.2) is 66.6 Å². The van der Waals surface area contributed by atoms with E-state index in [1.54, 1.807) is 20.8 Å². The van der Waals surface area contributed by atoms with Crippen molar-refractivity contribution < 1.29 is 24.1 Å². The van der Waals surface area contributed by atoms with Crippen molar-refractivity contribution in [2.45, 2.75) is 226 Å². The zero-order chi connectivity index (χ0) is 40.8. The number of nitrogens with one attached hydrogen (secondary N) is 3. The highest BCUT2D eigenvalue weighted by Gasteiger charge is 2.24. The maximum atomic E-state index is 13.4. The number of guanidine groups is 1. The first kappa shape index (κ1) is 52.2. The first-order chi connectivity index (χ1) is 26.5. The summed E-state index contributed by atoms with van der Waals surface area (Å²) in [5.41, 5.74) is 10.6. The minimum absolute atomic E-state index is 0.0978. The molecule has 0 saturated carbocycles. The van der Waals surface area contributed by atoms with Gasteiger partial charge in [-0.3, -0.25) is 26.0 Å². The number of rotatable bonds is 37. The van der Waals surface area contributed by atoms with Crippen LogP contribution in [0.4, 0.5) is 4.79 Å². The number of alkyl carbamates (subject to hydrolysis) is 1. The third-order valence-electron chi connectivity index (χ3n) is 9.99. The Bertz CT molecular complexity index is 992. The molecule has 10 nitrogen and oxygen atoms in total. The van der Waals surface area contributed by atoms with Gasteiger partial charge in [-0.1, -0.05) is 167 Å². The fourth-order valence-corrected chi connectivity index (χ4v) is 6.72. The van der Waals surface area contributed by atoms with Crippen LogP contribution in [-0.2, 0) is 14.3 Å². The molecule has 0 saturated heterocycles. The molecule has 55 heavy (non-hydrogen) atoms. The normalized spacial score (nSPS) is 12.1. The second kappa shape index (κ2) is 36.8. The van der Waals surface area contributed by atoms with Gasteiger partial charge in [0.25, 0.3) is 5.91 Å². The van der Waals surface area contributed by atoms with E-state index in [1.165, 1.54) is 154 Å². The van der Waals surface area contributed by atoms with Gasteiger partial charge in [-0.05, 0) is 59.3 Å². The number of nitrogens with two attached hydrogens (primary N) is 2. The SMILES string of the molecule is CCCCCCCC/C=C\CCCCCCCCN(CCCCCCCCCCCCCCCC)C(=O)CNC(=O)C(CNC(=O)OC(C)(C)C)[NH+]=C(N)N. The Hall–Kier alpha value is -2.78. The Morgan fingerprint density at radius 1 is 0.600 bits per heavy atom. The van der Waals surface area contributed by atoms with Gasteiger partial charge in [0.2, 0.25) is 5.91 Å². The molecule has 7 N–H and O–H groups in total. The lowest BCUT2D eigenvalue weighted by molar-refractivity contribution is -0.487. The van der Waals surface area contributed by atoms with Crippen molar-refractivity contribution >= 4 is 23.9 Å². The molecule has 0 aromatic rings. The van der Waals surface area contributed by atoms with Crippen LogP contribution in [0.2, 0.25) is 0 Å². The number of hydrogen-bond donors (Lipinski definition) is 5. The van der Waals surface area contributed by atoms with Gasteiger partial charge in [0.1, 0.15) is 5.60 Å². The molecule has 322 valence electrons. The minimum Gasteiger partial charge on any atom is -0.444 e. The van der Waals surface area contributed by atoms with Gasteiger partial charge in [0, 0.05) is 13.1 Å². The van der Waals surface area contributed by atoms with E-state index >= 15 is 0 Å². The van der Waals surface area contributed by atoms with Gasteiger partial charge in [0.15, 0.2) is 6.04 Å². The molecule has 0 radical (unpaired) electrons. The lowest BCUT2D eigenvalue weighted by Crippen LogP contribution is -2.88. The molecule has 10 heteroatoms. The van der Waals surface area contributed by atoms with E-state index in [9.17, 15) is 14.4 Å². The molecule has 0 rings (SSSR count). The summed E-state index contributed by atoms with van der Waals surface area (Å²) in [6, 6.07) is -0.958. The quantitative estimate of drug-likeness (QED) is 0.0184.